The summed E-state index contributed by atoms with van der Waals surface area (Å²) in [7, 11) is 1.28. The van der Waals surface area contributed by atoms with Gasteiger partial charge in [0.25, 0.3) is 5.91 Å². The Morgan fingerprint density at radius 1 is 1.11 bits per heavy atom. The highest BCUT2D eigenvalue weighted by Gasteiger charge is 2.42. The van der Waals surface area contributed by atoms with E-state index in [1.165, 1.54) is 7.05 Å². The molecular formula is C20H19F6N7O3. The first-order valence-corrected chi connectivity index (χ1v) is 10.3. The van der Waals surface area contributed by atoms with E-state index in [1.807, 2.05) is 0 Å². The van der Waals surface area contributed by atoms with Crippen LogP contribution in [0.5, 0.6) is 0 Å². The number of rotatable bonds is 5. The number of likely N-dealkylation sites (tertiary alicyclic amines) is 1. The number of halogens is 6. The van der Waals surface area contributed by atoms with Gasteiger partial charge in [-0.1, -0.05) is 0 Å². The summed E-state index contributed by atoms with van der Waals surface area (Å²) >= 11 is 0. The first-order chi connectivity index (χ1) is 16.6. The minimum atomic E-state index is -5.05. The second-order valence-electron chi connectivity index (χ2n) is 8.31. The SMILES string of the molecule is CN1C(=O)N(CC(O)N2CC(N)C2)C(=O)/C1=C/n1cnc(-c2cc(C(F)(F)F)cc(C(F)(F)F)c2)n1. The maximum atomic E-state index is 13.1. The van der Waals surface area contributed by atoms with Crippen molar-refractivity contribution in [2.45, 2.75) is 24.6 Å². The average molecular weight is 519 g/mol. The fourth-order valence-corrected chi connectivity index (χ4v) is 3.71. The Morgan fingerprint density at radius 3 is 2.22 bits per heavy atom. The predicted molar refractivity (Wildman–Crippen MR) is 110 cm³/mol. The molecule has 3 N–H and O–H groups in total. The first-order valence-electron chi connectivity index (χ1n) is 10.3. The molecule has 0 aliphatic carbocycles. The summed E-state index contributed by atoms with van der Waals surface area (Å²) in [5.74, 6) is -1.26. The van der Waals surface area contributed by atoms with Crippen molar-refractivity contribution in [3.63, 3.8) is 0 Å². The molecule has 2 saturated heterocycles. The van der Waals surface area contributed by atoms with Crippen molar-refractivity contribution < 1.29 is 41.0 Å². The fraction of sp³-hybridized carbons (Fsp3) is 0.400. The molecule has 36 heavy (non-hydrogen) atoms. The molecular weight excluding hydrogens is 500 g/mol. The number of likely N-dealkylation sites (N-methyl/N-ethyl adjacent to an activating group) is 1. The molecule has 16 heteroatoms. The van der Waals surface area contributed by atoms with E-state index in [4.69, 9.17) is 5.73 Å². The zero-order valence-corrected chi connectivity index (χ0v) is 18.5. The van der Waals surface area contributed by atoms with Crippen LogP contribution in [-0.4, -0.2) is 85.5 Å². The number of amides is 3. The summed E-state index contributed by atoms with van der Waals surface area (Å²) in [5, 5.41) is 14.1. The maximum absolute atomic E-state index is 13.1. The van der Waals surface area contributed by atoms with E-state index < -0.39 is 53.0 Å². The lowest BCUT2D eigenvalue weighted by Gasteiger charge is -2.40. The van der Waals surface area contributed by atoms with Gasteiger partial charge in [-0.3, -0.25) is 19.5 Å². The van der Waals surface area contributed by atoms with Crippen LogP contribution < -0.4 is 5.73 Å². The number of imide groups is 1. The van der Waals surface area contributed by atoms with Crippen molar-refractivity contribution in [2.75, 3.05) is 26.7 Å². The number of aliphatic hydroxyl groups is 1. The highest BCUT2D eigenvalue weighted by atomic mass is 19.4. The zero-order valence-electron chi connectivity index (χ0n) is 18.5. The molecule has 0 saturated carbocycles. The van der Waals surface area contributed by atoms with Gasteiger partial charge < -0.3 is 10.8 Å². The molecule has 1 aromatic heterocycles. The molecule has 194 valence electrons. The second-order valence-corrected chi connectivity index (χ2v) is 8.31. The highest BCUT2D eigenvalue weighted by Crippen LogP contribution is 2.38. The van der Waals surface area contributed by atoms with Gasteiger partial charge in [0.15, 0.2) is 5.82 Å². The molecule has 10 nitrogen and oxygen atoms in total. The van der Waals surface area contributed by atoms with Crippen LogP contribution in [0.2, 0.25) is 0 Å². The van der Waals surface area contributed by atoms with Crippen molar-refractivity contribution >= 4 is 18.1 Å². The molecule has 2 aliphatic heterocycles. The highest BCUT2D eigenvalue weighted by molar-refractivity contribution is 6.13. The molecule has 3 heterocycles. The van der Waals surface area contributed by atoms with Crippen LogP contribution in [0.15, 0.2) is 30.2 Å². The molecule has 2 fully saturated rings. The van der Waals surface area contributed by atoms with Crippen LogP contribution in [-0.2, 0) is 17.1 Å². The van der Waals surface area contributed by atoms with Crippen LogP contribution in [0.3, 0.4) is 0 Å². The molecule has 0 spiro atoms. The van der Waals surface area contributed by atoms with Crippen LogP contribution in [0, 0.1) is 0 Å². The largest absolute Gasteiger partial charge is 0.416 e. The fourth-order valence-electron chi connectivity index (χ4n) is 3.71. The molecule has 0 bridgehead atoms. The van der Waals surface area contributed by atoms with Crippen LogP contribution in [0.1, 0.15) is 11.1 Å². The van der Waals surface area contributed by atoms with Crippen LogP contribution >= 0.6 is 0 Å². The summed E-state index contributed by atoms with van der Waals surface area (Å²) in [6.07, 6.45) is -9.22. The molecule has 2 aromatic rings. The number of hydrogen-bond acceptors (Lipinski definition) is 7. The Morgan fingerprint density at radius 2 is 1.69 bits per heavy atom. The minimum Gasteiger partial charge on any atom is -0.376 e. The lowest BCUT2D eigenvalue weighted by molar-refractivity contribution is -0.143. The van der Waals surface area contributed by atoms with Crippen molar-refractivity contribution in [1.82, 2.24) is 29.5 Å². The number of carbonyl (C=O) groups excluding carboxylic acids is 2. The Balaban J connectivity index is 1.59. The topological polar surface area (TPSA) is 121 Å². The number of aliphatic hydroxyl groups excluding tert-OH is 1. The van der Waals surface area contributed by atoms with Gasteiger partial charge in [0, 0.05) is 31.7 Å². The monoisotopic (exact) mass is 519 g/mol. The molecule has 3 amide bonds. The Hall–Kier alpha value is -3.50. The number of benzene rings is 1. The zero-order chi connectivity index (χ0) is 26.6. The van der Waals surface area contributed by atoms with E-state index in [9.17, 15) is 41.0 Å². The molecule has 2 aliphatic rings. The van der Waals surface area contributed by atoms with Gasteiger partial charge in [0.1, 0.15) is 18.3 Å². The van der Waals surface area contributed by atoms with E-state index in [-0.39, 0.29) is 24.4 Å². The van der Waals surface area contributed by atoms with Gasteiger partial charge in [-0.05, 0) is 18.2 Å². The lowest BCUT2D eigenvalue weighted by Crippen LogP contribution is -2.61. The van der Waals surface area contributed by atoms with Gasteiger partial charge in [-0.2, -0.15) is 26.3 Å². The van der Waals surface area contributed by atoms with E-state index in [2.05, 4.69) is 10.1 Å². The van der Waals surface area contributed by atoms with Gasteiger partial charge >= 0.3 is 18.4 Å². The van der Waals surface area contributed by atoms with E-state index in [1.54, 1.807) is 4.90 Å². The summed E-state index contributed by atoms with van der Waals surface area (Å²) in [6.45, 7) is 0.450. The number of nitrogens with zero attached hydrogens (tertiary/aromatic N) is 6. The van der Waals surface area contributed by atoms with E-state index in [0.29, 0.717) is 25.2 Å². The second kappa shape index (κ2) is 8.86. The summed E-state index contributed by atoms with van der Waals surface area (Å²) in [5.41, 5.74) is 1.84. The lowest BCUT2D eigenvalue weighted by atomic mass is 10.0. The van der Waals surface area contributed by atoms with Crippen molar-refractivity contribution in [3.8, 4) is 11.4 Å². The average Bonchev–Trinajstić information content (AvgIpc) is 3.31. The Kier molecular flexibility index (Phi) is 6.30. The Bertz CT molecular complexity index is 1190. The number of hydrogen-bond donors (Lipinski definition) is 2. The first kappa shape index (κ1) is 25.6. The number of carbonyl (C=O) groups is 2. The number of β-amino-alcohol motifs (C(OH)–C–C–N with tert-alkyl or cyclic N) is 1. The number of aromatic nitrogens is 3. The van der Waals surface area contributed by atoms with E-state index >= 15 is 0 Å². The third kappa shape index (κ3) is 4.91. The number of alkyl halides is 6. The van der Waals surface area contributed by atoms with Gasteiger partial charge in [-0.25, -0.2) is 14.5 Å². The van der Waals surface area contributed by atoms with Gasteiger partial charge in [-0.15, -0.1) is 5.10 Å². The standard InChI is InChI=1S/C20H19F6N7O3/c1-30-14(17(35)33(18(30)36)8-15(34)31-5-13(27)6-31)7-32-9-28-16(29-32)10-2-11(19(21,22)23)4-12(3-10)20(24,25)26/h2-4,7,9,13,15,34H,5-6,8,27H2,1H3/b14-7-. The van der Waals surface area contributed by atoms with E-state index in [0.717, 1.165) is 27.0 Å². The third-order valence-corrected chi connectivity index (χ3v) is 5.66. The van der Waals surface area contributed by atoms with Gasteiger partial charge in [0.05, 0.1) is 23.9 Å². The normalized spacial score (nSPS) is 20.0. The minimum absolute atomic E-state index is 0.0168. The number of urea groups is 1. The molecule has 4 rings (SSSR count). The summed E-state index contributed by atoms with van der Waals surface area (Å²) in [4.78, 5) is 32.4. The Labute approximate surface area is 199 Å². The smallest absolute Gasteiger partial charge is 0.376 e. The predicted octanol–water partition coefficient (Wildman–Crippen LogP) is 1.64. The quantitative estimate of drug-likeness (QED) is 0.350. The van der Waals surface area contributed by atoms with Crippen molar-refractivity contribution in [1.29, 1.82) is 0 Å². The third-order valence-electron chi connectivity index (χ3n) is 5.66. The van der Waals surface area contributed by atoms with Crippen molar-refractivity contribution in [2.24, 2.45) is 5.73 Å². The number of nitrogens with two attached hydrogens (primary N) is 1. The van der Waals surface area contributed by atoms with Crippen molar-refractivity contribution in [3.05, 3.63) is 41.4 Å². The molecule has 1 aromatic carbocycles. The van der Waals surface area contributed by atoms with Crippen LogP contribution in [0.25, 0.3) is 17.6 Å². The maximum Gasteiger partial charge on any atom is 0.416 e. The summed E-state index contributed by atoms with van der Waals surface area (Å²) in [6, 6.07) is 0.0697. The van der Waals surface area contributed by atoms with Gasteiger partial charge in [0.2, 0.25) is 0 Å². The summed E-state index contributed by atoms with van der Waals surface area (Å²) < 4.78 is 79.7. The molecule has 1 unspecified atom stereocenters. The molecule has 0 radical (unpaired) electrons. The van der Waals surface area contributed by atoms with Crippen LogP contribution in [0.4, 0.5) is 31.1 Å². The molecule has 1 atom stereocenters.